The second kappa shape index (κ2) is 11.1. The lowest BCUT2D eigenvalue weighted by atomic mass is 9.70. The molecule has 2 fully saturated rings. The molecular weight excluding hydrogens is 517 g/mol. The number of phenols is 1. The summed E-state index contributed by atoms with van der Waals surface area (Å²) in [5, 5.41) is 29.6. The zero-order valence-corrected chi connectivity index (χ0v) is 22.8. The van der Waals surface area contributed by atoms with Gasteiger partial charge in [0.1, 0.15) is 5.75 Å². The van der Waals surface area contributed by atoms with Crippen LogP contribution in [0.4, 0.5) is 5.69 Å². The van der Waals surface area contributed by atoms with Crippen LogP contribution in [-0.2, 0) is 14.3 Å². The van der Waals surface area contributed by atoms with E-state index in [4.69, 9.17) is 4.74 Å². The molecule has 3 aromatic rings. The lowest BCUT2D eigenvalue weighted by Crippen LogP contribution is -2.35. The van der Waals surface area contributed by atoms with Crippen molar-refractivity contribution in [3.8, 4) is 5.75 Å². The number of amides is 2. The van der Waals surface area contributed by atoms with E-state index in [1.165, 1.54) is 11.0 Å². The van der Waals surface area contributed by atoms with Crippen LogP contribution in [0, 0.1) is 17.8 Å². The van der Waals surface area contributed by atoms with Crippen molar-refractivity contribution in [1.29, 1.82) is 0 Å². The number of fused-ring (bicyclic) bond motifs is 3. The van der Waals surface area contributed by atoms with Crippen LogP contribution < -0.4 is 10.4 Å². The van der Waals surface area contributed by atoms with Crippen LogP contribution in [0.2, 0.25) is 0 Å². The molecule has 2 saturated heterocycles. The minimum Gasteiger partial charge on any atom is -0.507 e. The van der Waals surface area contributed by atoms with Gasteiger partial charge in [-0.2, -0.15) is 0 Å². The second-order valence-electron chi connectivity index (χ2n) is 11.1. The molecule has 2 aliphatic heterocycles. The number of anilines is 1. The van der Waals surface area contributed by atoms with Gasteiger partial charge < -0.3 is 19.9 Å². The lowest BCUT2D eigenvalue weighted by Gasteiger charge is -2.30. The van der Waals surface area contributed by atoms with Crippen LogP contribution >= 0.6 is 0 Å². The Bertz CT molecular complexity index is 1550. The van der Waals surface area contributed by atoms with E-state index in [1.807, 2.05) is 43.3 Å². The molecule has 3 aromatic carbocycles. The summed E-state index contributed by atoms with van der Waals surface area (Å²) in [6.45, 7) is 2.42. The number of aromatic hydroxyl groups is 1. The monoisotopic (exact) mass is 549 g/mol. The molecule has 2 heterocycles. The van der Waals surface area contributed by atoms with Crippen LogP contribution in [-0.4, -0.2) is 46.8 Å². The molecule has 0 radical (unpaired) electrons. The molecule has 6 rings (SSSR count). The fourth-order valence-corrected chi connectivity index (χ4v) is 6.74. The predicted molar refractivity (Wildman–Crippen MR) is 158 cm³/mol. The van der Waals surface area contributed by atoms with Gasteiger partial charge in [-0.15, -0.1) is 0 Å². The summed E-state index contributed by atoms with van der Waals surface area (Å²) in [5.41, 5.74) is 5.72. The standard InChI is InChI=1S/C33H32BNO6/c1-20-16-26-31(33(38)35(32(26)37)25-12-7-11-24(18-25)34(39)40)27-19-41-29(30(20)27)15-14-22(21-8-3-2-4-9-21)17-23-10-5-6-13-28(23)36/h2-13,17-18,26-27,29,31,36,39-40H,14-16,19H2,1H3/b22-17-/t26-,27+,29-,31-/m1/s1. The van der Waals surface area contributed by atoms with E-state index in [0.717, 1.165) is 27.8 Å². The van der Waals surface area contributed by atoms with Crippen molar-refractivity contribution in [2.45, 2.75) is 32.3 Å². The molecule has 208 valence electrons. The molecular formula is C33H32BNO6. The number of hydrogen-bond acceptors (Lipinski definition) is 6. The van der Waals surface area contributed by atoms with Crippen molar-refractivity contribution in [3.05, 3.63) is 101 Å². The van der Waals surface area contributed by atoms with Crippen LogP contribution in [0.25, 0.3) is 11.6 Å². The number of imide groups is 1. The fourth-order valence-electron chi connectivity index (χ4n) is 6.74. The normalized spacial score (nSPS) is 24.1. The van der Waals surface area contributed by atoms with Gasteiger partial charge in [0.15, 0.2) is 0 Å². The van der Waals surface area contributed by atoms with Crippen molar-refractivity contribution < 1.29 is 29.5 Å². The molecule has 4 atom stereocenters. The molecule has 0 bridgehead atoms. The lowest BCUT2D eigenvalue weighted by molar-refractivity contribution is -0.122. The van der Waals surface area contributed by atoms with Gasteiger partial charge in [-0.1, -0.05) is 66.2 Å². The summed E-state index contributed by atoms with van der Waals surface area (Å²) in [6.07, 6.45) is 3.76. The Hall–Kier alpha value is -3.98. The Morgan fingerprint density at radius 2 is 1.73 bits per heavy atom. The Morgan fingerprint density at radius 1 is 0.976 bits per heavy atom. The number of carbonyl (C=O) groups is 2. The number of benzene rings is 3. The SMILES string of the molecule is CC1=C2[C@@H](CC/C(=C/c3ccccc3O)c3ccccc3)OC[C@@H]2[C@@H]2C(=O)N(c3cccc(B(O)O)c3)C(=O)[C@@H]2C1. The van der Waals surface area contributed by atoms with Crippen molar-refractivity contribution in [3.63, 3.8) is 0 Å². The van der Waals surface area contributed by atoms with E-state index >= 15 is 0 Å². The van der Waals surface area contributed by atoms with Gasteiger partial charge in [0, 0.05) is 11.5 Å². The summed E-state index contributed by atoms with van der Waals surface area (Å²) in [7, 11) is -1.69. The molecule has 0 unspecified atom stereocenters. The minimum absolute atomic E-state index is 0.165. The minimum atomic E-state index is -1.69. The summed E-state index contributed by atoms with van der Waals surface area (Å²) >= 11 is 0. The predicted octanol–water partition coefficient (Wildman–Crippen LogP) is 3.93. The maximum absolute atomic E-state index is 13.7. The van der Waals surface area contributed by atoms with E-state index in [-0.39, 0.29) is 35.0 Å². The van der Waals surface area contributed by atoms with Gasteiger partial charge in [-0.05, 0) is 72.6 Å². The molecule has 41 heavy (non-hydrogen) atoms. The molecule has 0 spiro atoms. The topological polar surface area (TPSA) is 107 Å². The van der Waals surface area contributed by atoms with Crippen molar-refractivity contribution in [2.75, 3.05) is 11.5 Å². The highest BCUT2D eigenvalue weighted by Gasteiger charge is 2.56. The first-order valence-electron chi connectivity index (χ1n) is 14.0. The zero-order valence-electron chi connectivity index (χ0n) is 22.8. The highest BCUT2D eigenvalue weighted by atomic mass is 16.5. The first-order valence-corrected chi connectivity index (χ1v) is 14.0. The van der Waals surface area contributed by atoms with Crippen LogP contribution in [0.15, 0.2) is 90.0 Å². The first kappa shape index (κ1) is 27.2. The van der Waals surface area contributed by atoms with Crippen LogP contribution in [0.3, 0.4) is 0 Å². The van der Waals surface area contributed by atoms with E-state index < -0.39 is 19.0 Å². The number of nitrogens with zero attached hydrogens (tertiary/aromatic N) is 1. The van der Waals surface area contributed by atoms with Crippen LogP contribution in [0.5, 0.6) is 5.75 Å². The maximum Gasteiger partial charge on any atom is 0.488 e. The highest BCUT2D eigenvalue weighted by Crippen LogP contribution is 2.50. The van der Waals surface area contributed by atoms with Crippen molar-refractivity contribution in [1.82, 2.24) is 0 Å². The molecule has 0 aromatic heterocycles. The van der Waals surface area contributed by atoms with Gasteiger partial charge >= 0.3 is 7.12 Å². The molecule has 3 aliphatic rings. The third kappa shape index (κ3) is 5.03. The third-order valence-electron chi connectivity index (χ3n) is 8.67. The summed E-state index contributed by atoms with van der Waals surface area (Å²) in [6, 6.07) is 23.6. The first-order chi connectivity index (χ1) is 19.8. The molecule has 7 nitrogen and oxygen atoms in total. The average Bonchev–Trinajstić information content (AvgIpc) is 3.51. The summed E-state index contributed by atoms with van der Waals surface area (Å²) < 4.78 is 6.33. The Kier molecular flexibility index (Phi) is 7.38. The Balaban J connectivity index is 1.25. The Morgan fingerprint density at radius 3 is 2.49 bits per heavy atom. The van der Waals surface area contributed by atoms with E-state index in [2.05, 4.69) is 12.1 Å². The van der Waals surface area contributed by atoms with Crippen molar-refractivity contribution >= 4 is 41.7 Å². The Labute approximate surface area is 239 Å². The van der Waals surface area contributed by atoms with Gasteiger partial charge in [-0.25, -0.2) is 0 Å². The maximum atomic E-state index is 13.7. The smallest absolute Gasteiger partial charge is 0.488 e. The number of ether oxygens (including phenoxy) is 1. The van der Waals surface area contributed by atoms with Gasteiger partial charge in [0.05, 0.1) is 30.2 Å². The fraction of sp³-hybridized carbons (Fsp3) is 0.273. The number of carbonyl (C=O) groups excluding carboxylic acids is 2. The molecule has 0 saturated carbocycles. The summed E-state index contributed by atoms with van der Waals surface area (Å²) in [4.78, 5) is 28.5. The van der Waals surface area contributed by atoms with Crippen LogP contribution in [0.1, 0.15) is 37.3 Å². The molecule has 3 N–H and O–H groups in total. The van der Waals surface area contributed by atoms with Gasteiger partial charge in [0.2, 0.25) is 11.8 Å². The quantitative estimate of drug-likeness (QED) is 0.179. The summed E-state index contributed by atoms with van der Waals surface area (Å²) in [5.74, 6) is -1.41. The largest absolute Gasteiger partial charge is 0.507 e. The highest BCUT2D eigenvalue weighted by molar-refractivity contribution is 6.58. The number of allylic oxidation sites excluding steroid dienone is 2. The molecule has 2 amide bonds. The number of para-hydroxylation sites is 1. The van der Waals surface area contributed by atoms with E-state index in [0.29, 0.717) is 31.6 Å². The second-order valence-corrected chi connectivity index (χ2v) is 11.1. The third-order valence-corrected chi connectivity index (χ3v) is 8.67. The van der Waals surface area contributed by atoms with E-state index in [1.54, 1.807) is 30.3 Å². The molecule has 1 aliphatic carbocycles. The number of hydrogen-bond donors (Lipinski definition) is 3. The van der Waals surface area contributed by atoms with Gasteiger partial charge in [-0.3, -0.25) is 14.5 Å². The number of phenolic OH excluding ortho intramolecular Hbond substituents is 1. The number of rotatable bonds is 7. The molecule has 8 heteroatoms. The van der Waals surface area contributed by atoms with Crippen molar-refractivity contribution in [2.24, 2.45) is 17.8 Å². The van der Waals surface area contributed by atoms with E-state index in [9.17, 15) is 24.7 Å². The average molecular weight is 549 g/mol. The van der Waals surface area contributed by atoms with Gasteiger partial charge in [0.25, 0.3) is 0 Å². The zero-order chi connectivity index (χ0) is 28.7.